The van der Waals surface area contributed by atoms with Crippen molar-refractivity contribution >= 4 is 11.6 Å². The summed E-state index contributed by atoms with van der Waals surface area (Å²) in [7, 11) is 0. The van der Waals surface area contributed by atoms with Crippen molar-refractivity contribution in [2.75, 3.05) is 0 Å². The van der Waals surface area contributed by atoms with E-state index in [0.717, 1.165) is 24.8 Å². The van der Waals surface area contributed by atoms with Crippen molar-refractivity contribution in [1.82, 2.24) is 0 Å². The van der Waals surface area contributed by atoms with Crippen LogP contribution in [0.1, 0.15) is 50.2 Å². The molecule has 4 heteroatoms. The molecular weight excluding hydrogens is 249 g/mol. The molecule has 0 saturated heterocycles. The van der Waals surface area contributed by atoms with Crippen LogP contribution in [0.3, 0.4) is 0 Å². The van der Waals surface area contributed by atoms with E-state index >= 15 is 0 Å². The van der Waals surface area contributed by atoms with Gasteiger partial charge in [0.25, 0.3) is 0 Å². The molecule has 0 saturated carbocycles. The zero-order valence-electron chi connectivity index (χ0n) is 9.94. The van der Waals surface area contributed by atoms with E-state index < -0.39 is 11.7 Å². The van der Waals surface area contributed by atoms with Gasteiger partial charge in [-0.3, -0.25) is 0 Å². The Labute approximate surface area is 105 Å². The van der Waals surface area contributed by atoms with Crippen LogP contribution in [0.2, 0.25) is 5.02 Å². The number of hydrogen-bond donors (Lipinski definition) is 0. The Kier molecular flexibility index (Phi) is 4.87. The fraction of sp³-hybridized carbons (Fsp3) is 0.538. The molecule has 0 aliphatic heterocycles. The maximum atomic E-state index is 12.7. The fourth-order valence-corrected chi connectivity index (χ4v) is 2.19. The van der Waals surface area contributed by atoms with Gasteiger partial charge in [0.2, 0.25) is 0 Å². The largest absolute Gasteiger partial charge is 0.417 e. The molecule has 96 valence electrons. The Morgan fingerprint density at radius 1 is 1.24 bits per heavy atom. The molecular formula is C13H16ClF3. The standard InChI is InChI=1S/C13H16ClF3/c1-3-5-9(4-2)10-6-7-12(14)11(8-10)13(15,16)17/h6-9H,3-5H2,1-2H3. The van der Waals surface area contributed by atoms with Crippen LogP contribution in [0, 0.1) is 0 Å². The normalized spacial score (nSPS) is 13.8. The van der Waals surface area contributed by atoms with Crippen molar-refractivity contribution < 1.29 is 13.2 Å². The molecule has 1 aromatic rings. The monoisotopic (exact) mass is 264 g/mol. The Bertz CT molecular complexity index is 371. The summed E-state index contributed by atoms with van der Waals surface area (Å²) < 4.78 is 38.1. The van der Waals surface area contributed by atoms with Crippen LogP contribution in [0.4, 0.5) is 13.2 Å². The Balaban J connectivity index is 3.11. The molecule has 1 atom stereocenters. The third-order valence-corrected chi connectivity index (χ3v) is 3.23. The minimum atomic E-state index is -4.38. The van der Waals surface area contributed by atoms with E-state index in [9.17, 15) is 13.2 Å². The van der Waals surface area contributed by atoms with E-state index in [1.807, 2.05) is 13.8 Å². The third kappa shape index (κ3) is 3.63. The lowest BCUT2D eigenvalue weighted by Gasteiger charge is -2.17. The van der Waals surface area contributed by atoms with E-state index in [2.05, 4.69) is 0 Å². The summed E-state index contributed by atoms with van der Waals surface area (Å²) in [6.07, 6.45) is -1.68. The molecule has 0 nitrogen and oxygen atoms in total. The highest BCUT2D eigenvalue weighted by Gasteiger charge is 2.33. The highest BCUT2D eigenvalue weighted by atomic mass is 35.5. The van der Waals surface area contributed by atoms with Crippen molar-refractivity contribution in [2.24, 2.45) is 0 Å². The molecule has 0 heterocycles. The summed E-state index contributed by atoms with van der Waals surface area (Å²) in [5.74, 6) is 0.179. The quantitative estimate of drug-likeness (QED) is 0.659. The van der Waals surface area contributed by atoms with Crippen LogP contribution >= 0.6 is 11.6 Å². The summed E-state index contributed by atoms with van der Waals surface area (Å²) in [4.78, 5) is 0. The second kappa shape index (κ2) is 5.76. The average Bonchev–Trinajstić information content (AvgIpc) is 2.25. The number of benzene rings is 1. The summed E-state index contributed by atoms with van der Waals surface area (Å²) >= 11 is 5.59. The minimum Gasteiger partial charge on any atom is -0.166 e. The highest BCUT2D eigenvalue weighted by Crippen LogP contribution is 2.37. The third-order valence-electron chi connectivity index (χ3n) is 2.90. The lowest BCUT2D eigenvalue weighted by atomic mass is 9.91. The molecule has 0 bridgehead atoms. The van der Waals surface area contributed by atoms with Crippen molar-refractivity contribution in [2.45, 2.75) is 45.2 Å². The van der Waals surface area contributed by atoms with Crippen LogP contribution in [0.25, 0.3) is 0 Å². The molecule has 17 heavy (non-hydrogen) atoms. The Morgan fingerprint density at radius 3 is 2.35 bits per heavy atom. The Morgan fingerprint density at radius 2 is 1.88 bits per heavy atom. The number of alkyl halides is 3. The number of halogens is 4. The predicted octanol–water partition coefficient (Wildman–Crippen LogP) is 5.65. The molecule has 1 unspecified atom stereocenters. The zero-order chi connectivity index (χ0) is 13.1. The predicted molar refractivity (Wildman–Crippen MR) is 64.4 cm³/mol. The molecule has 0 amide bonds. The van der Waals surface area contributed by atoms with Gasteiger partial charge >= 0.3 is 6.18 Å². The smallest absolute Gasteiger partial charge is 0.166 e. The minimum absolute atomic E-state index is 0.179. The molecule has 0 aliphatic rings. The average molecular weight is 265 g/mol. The molecule has 0 spiro atoms. The number of rotatable bonds is 4. The van der Waals surface area contributed by atoms with Gasteiger partial charge in [-0.2, -0.15) is 13.2 Å². The second-order valence-corrected chi connectivity index (χ2v) is 4.54. The lowest BCUT2D eigenvalue weighted by molar-refractivity contribution is -0.137. The zero-order valence-corrected chi connectivity index (χ0v) is 10.7. The molecule has 0 radical (unpaired) electrons. The van der Waals surface area contributed by atoms with Crippen molar-refractivity contribution in [1.29, 1.82) is 0 Å². The second-order valence-electron chi connectivity index (χ2n) is 4.13. The first kappa shape index (κ1) is 14.4. The van der Waals surface area contributed by atoms with E-state index in [1.54, 1.807) is 6.07 Å². The molecule has 0 aliphatic carbocycles. The number of hydrogen-bond acceptors (Lipinski definition) is 0. The van der Waals surface area contributed by atoms with Gasteiger partial charge in [0, 0.05) is 0 Å². The Hall–Kier alpha value is -0.700. The van der Waals surface area contributed by atoms with Crippen LogP contribution in [-0.2, 0) is 6.18 Å². The van der Waals surface area contributed by atoms with E-state index in [-0.39, 0.29) is 10.9 Å². The molecule has 0 fully saturated rings. The highest BCUT2D eigenvalue weighted by molar-refractivity contribution is 6.31. The summed E-state index contributed by atoms with van der Waals surface area (Å²) in [6, 6.07) is 4.23. The van der Waals surface area contributed by atoms with Crippen molar-refractivity contribution in [3.63, 3.8) is 0 Å². The van der Waals surface area contributed by atoms with Crippen LogP contribution < -0.4 is 0 Å². The van der Waals surface area contributed by atoms with Crippen LogP contribution in [-0.4, -0.2) is 0 Å². The first-order chi connectivity index (χ1) is 7.90. The van der Waals surface area contributed by atoms with Gasteiger partial charge in [-0.1, -0.05) is 37.9 Å². The van der Waals surface area contributed by atoms with E-state index in [0.29, 0.717) is 0 Å². The first-order valence-electron chi connectivity index (χ1n) is 5.76. The van der Waals surface area contributed by atoms with Gasteiger partial charge in [0.05, 0.1) is 10.6 Å². The van der Waals surface area contributed by atoms with Gasteiger partial charge in [-0.15, -0.1) is 0 Å². The van der Waals surface area contributed by atoms with Crippen LogP contribution in [0.5, 0.6) is 0 Å². The van der Waals surface area contributed by atoms with Gasteiger partial charge in [-0.05, 0) is 36.5 Å². The van der Waals surface area contributed by atoms with Gasteiger partial charge in [0.1, 0.15) is 0 Å². The van der Waals surface area contributed by atoms with Crippen LogP contribution in [0.15, 0.2) is 18.2 Å². The molecule has 1 rings (SSSR count). The molecule has 0 N–H and O–H groups in total. The maximum Gasteiger partial charge on any atom is 0.417 e. The lowest BCUT2D eigenvalue weighted by Crippen LogP contribution is -2.08. The van der Waals surface area contributed by atoms with Crippen molar-refractivity contribution in [3.8, 4) is 0 Å². The first-order valence-corrected chi connectivity index (χ1v) is 6.14. The fourth-order valence-electron chi connectivity index (χ4n) is 1.97. The maximum absolute atomic E-state index is 12.7. The summed E-state index contributed by atoms with van der Waals surface area (Å²) in [5, 5.41) is -0.229. The molecule has 0 aromatic heterocycles. The van der Waals surface area contributed by atoms with E-state index in [1.165, 1.54) is 12.1 Å². The summed E-state index contributed by atoms with van der Waals surface area (Å²) in [6.45, 7) is 4.02. The SMILES string of the molecule is CCCC(CC)c1ccc(Cl)c(C(F)(F)F)c1. The van der Waals surface area contributed by atoms with Gasteiger partial charge < -0.3 is 0 Å². The van der Waals surface area contributed by atoms with Gasteiger partial charge in [-0.25, -0.2) is 0 Å². The summed E-state index contributed by atoms with van der Waals surface area (Å²) in [5.41, 5.74) is -0.00250. The van der Waals surface area contributed by atoms with Crippen molar-refractivity contribution in [3.05, 3.63) is 34.3 Å². The van der Waals surface area contributed by atoms with E-state index in [4.69, 9.17) is 11.6 Å². The molecule has 1 aromatic carbocycles. The topological polar surface area (TPSA) is 0 Å². The van der Waals surface area contributed by atoms with Gasteiger partial charge in [0.15, 0.2) is 0 Å².